The summed E-state index contributed by atoms with van der Waals surface area (Å²) >= 11 is 0. The lowest BCUT2D eigenvalue weighted by atomic mass is 9.97. The van der Waals surface area contributed by atoms with Gasteiger partial charge in [-0.15, -0.1) is 0 Å². The molecule has 1 saturated heterocycles. The van der Waals surface area contributed by atoms with E-state index in [2.05, 4.69) is 28.9 Å². The average molecular weight is 278 g/mol. The standard InChI is InChI=1S/C15H26N4O/c1-10(2)6-13(7-16)14-17-15(18-20-14)19-8-11-4-3-5-12(11)9-19/h10-13H,3-9,16H2,1-2H3/t11-,12+,13?. The van der Waals surface area contributed by atoms with E-state index in [4.69, 9.17) is 10.3 Å². The molecule has 1 saturated carbocycles. The molecule has 0 spiro atoms. The van der Waals surface area contributed by atoms with Gasteiger partial charge in [-0.3, -0.25) is 0 Å². The molecular formula is C15H26N4O. The summed E-state index contributed by atoms with van der Waals surface area (Å²) in [5.41, 5.74) is 5.85. The van der Waals surface area contributed by atoms with Crippen LogP contribution in [-0.2, 0) is 0 Å². The third kappa shape index (κ3) is 2.68. The molecule has 1 aromatic rings. The largest absolute Gasteiger partial charge is 0.338 e. The van der Waals surface area contributed by atoms with Gasteiger partial charge in [0.2, 0.25) is 5.89 Å². The Balaban J connectivity index is 1.67. The average Bonchev–Trinajstić information content (AvgIpc) is 3.08. The second-order valence-electron chi connectivity index (χ2n) is 6.85. The van der Waals surface area contributed by atoms with Gasteiger partial charge in [0.1, 0.15) is 0 Å². The van der Waals surface area contributed by atoms with Crippen LogP contribution in [0, 0.1) is 17.8 Å². The molecule has 0 bridgehead atoms. The second-order valence-corrected chi connectivity index (χ2v) is 6.85. The van der Waals surface area contributed by atoms with Crippen molar-refractivity contribution in [2.75, 3.05) is 24.5 Å². The quantitative estimate of drug-likeness (QED) is 0.895. The molecule has 2 aliphatic rings. The zero-order valence-corrected chi connectivity index (χ0v) is 12.6. The normalized spacial score (nSPS) is 27.3. The highest BCUT2D eigenvalue weighted by atomic mass is 16.5. The monoisotopic (exact) mass is 278 g/mol. The fourth-order valence-corrected chi connectivity index (χ4v) is 3.79. The molecule has 0 amide bonds. The zero-order valence-electron chi connectivity index (χ0n) is 12.6. The van der Waals surface area contributed by atoms with E-state index < -0.39 is 0 Å². The van der Waals surface area contributed by atoms with Crippen molar-refractivity contribution in [3.05, 3.63) is 5.89 Å². The first kappa shape index (κ1) is 13.9. The van der Waals surface area contributed by atoms with Crippen molar-refractivity contribution in [3.8, 4) is 0 Å². The number of nitrogens with zero attached hydrogens (tertiary/aromatic N) is 3. The van der Waals surface area contributed by atoms with Crippen LogP contribution in [0.2, 0.25) is 0 Å². The SMILES string of the molecule is CC(C)CC(CN)c1nc(N2C[C@H]3CCC[C@H]3C2)no1. The van der Waals surface area contributed by atoms with Crippen molar-refractivity contribution in [2.24, 2.45) is 23.5 Å². The minimum absolute atomic E-state index is 0.193. The first-order chi connectivity index (χ1) is 9.67. The summed E-state index contributed by atoms with van der Waals surface area (Å²) in [5.74, 6) is 3.96. The van der Waals surface area contributed by atoms with Gasteiger partial charge in [0.25, 0.3) is 5.95 Å². The van der Waals surface area contributed by atoms with Gasteiger partial charge in [-0.25, -0.2) is 0 Å². The van der Waals surface area contributed by atoms with Crippen LogP contribution in [0.4, 0.5) is 5.95 Å². The third-order valence-electron chi connectivity index (χ3n) is 4.83. The Bertz CT molecular complexity index is 433. The van der Waals surface area contributed by atoms with Gasteiger partial charge in [0.15, 0.2) is 0 Å². The van der Waals surface area contributed by atoms with E-state index in [1.807, 2.05) is 0 Å². The van der Waals surface area contributed by atoms with Crippen LogP contribution in [0.15, 0.2) is 4.52 Å². The third-order valence-corrected chi connectivity index (χ3v) is 4.83. The summed E-state index contributed by atoms with van der Waals surface area (Å²) in [7, 11) is 0. The molecule has 112 valence electrons. The van der Waals surface area contributed by atoms with Crippen LogP contribution < -0.4 is 10.6 Å². The summed E-state index contributed by atoms with van der Waals surface area (Å²) in [6, 6.07) is 0. The number of aromatic nitrogens is 2. The molecule has 0 aromatic carbocycles. The minimum atomic E-state index is 0.193. The fourth-order valence-electron chi connectivity index (χ4n) is 3.79. The number of nitrogens with two attached hydrogens (primary N) is 1. The van der Waals surface area contributed by atoms with Gasteiger partial charge in [-0.2, -0.15) is 4.98 Å². The maximum absolute atomic E-state index is 5.85. The van der Waals surface area contributed by atoms with Crippen molar-refractivity contribution in [3.63, 3.8) is 0 Å². The summed E-state index contributed by atoms with van der Waals surface area (Å²) in [6.45, 7) is 7.16. The fraction of sp³-hybridized carbons (Fsp3) is 0.867. The van der Waals surface area contributed by atoms with Crippen LogP contribution in [-0.4, -0.2) is 29.8 Å². The molecule has 5 heteroatoms. The van der Waals surface area contributed by atoms with Crippen molar-refractivity contribution in [1.82, 2.24) is 10.1 Å². The number of hydrogen-bond acceptors (Lipinski definition) is 5. The molecule has 2 heterocycles. The molecule has 2 fully saturated rings. The van der Waals surface area contributed by atoms with E-state index in [9.17, 15) is 0 Å². The Morgan fingerprint density at radius 1 is 1.30 bits per heavy atom. The smallest absolute Gasteiger partial charge is 0.266 e. The van der Waals surface area contributed by atoms with E-state index >= 15 is 0 Å². The lowest BCUT2D eigenvalue weighted by Crippen LogP contribution is -2.22. The van der Waals surface area contributed by atoms with Crippen molar-refractivity contribution in [2.45, 2.75) is 45.4 Å². The zero-order chi connectivity index (χ0) is 14.1. The highest BCUT2D eigenvalue weighted by Crippen LogP contribution is 2.39. The number of rotatable bonds is 5. The van der Waals surface area contributed by atoms with Crippen LogP contribution >= 0.6 is 0 Å². The highest BCUT2D eigenvalue weighted by molar-refractivity contribution is 5.31. The van der Waals surface area contributed by atoms with Gasteiger partial charge in [0.05, 0.1) is 5.92 Å². The summed E-state index contributed by atoms with van der Waals surface area (Å²) in [4.78, 5) is 6.91. The topological polar surface area (TPSA) is 68.2 Å². The molecule has 1 unspecified atom stereocenters. The first-order valence-corrected chi connectivity index (χ1v) is 7.96. The first-order valence-electron chi connectivity index (χ1n) is 7.96. The molecule has 20 heavy (non-hydrogen) atoms. The van der Waals surface area contributed by atoms with Gasteiger partial charge in [-0.05, 0) is 42.2 Å². The molecule has 5 nitrogen and oxygen atoms in total. The lowest BCUT2D eigenvalue weighted by Gasteiger charge is -2.14. The van der Waals surface area contributed by atoms with Crippen LogP contribution in [0.25, 0.3) is 0 Å². The van der Waals surface area contributed by atoms with E-state index in [0.717, 1.165) is 37.3 Å². The number of anilines is 1. The van der Waals surface area contributed by atoms with Crippen LogP contribution in [0.1, 0.15) is 51.3 Å². The summed E-state index contributed by atoms with van der Waals surface area (Å²) in [5, 5.41) is 4.19. The number of hydrogen-bond donors (Lipinski definition) is 1. The molecule has 1 aromatic heterocycles. The van der Waals surface area contributed by atoms with Gasteiger partial charge in [-0.1, -0.05) is 20.3 Å². The predicted octanol–water partition coefficient (Wildman–Crippen LogP) is 2.39. The van der Waals surface area contributed by atoms with Gasteiger partial charge in [0, 0.05) is 19.6 Å². The maximum atomic E-state index is 5.85. The lowest BCUT2D eigenvalue weighted by molar-refractivity contribution is 0.334. The minimum Gasteiger partial charge on any atom is -0.338 e. The molecule has 2 N–H and O–H groups in total. The Morgan fingerprint density at radius 2 is 2.00 bits per heavy atom. The summed E-state index contributed by atoms with van der Waals surface area (Å²) in [6.07, 6.45) is 5.13. The van der Waals surface area contributed by atoms with E-state index in [0.29, 0.717) is 18.4 Å². The second kappa shape index (κ2) is 5.72. The van der Waals surface area contributed by atoms with Crippen molar-refractivity contribution in [1.29, 1.82) is 0 Å². The Morgan fingerprint density at radius 3 is 2.60 bits per heavy atom. The Hall–Kier alpha value is -1.10. The molecule has 3 rings (SSSR count). The maximum Gasteiger partial charge on any atom is 0.266 e. The van der Waals surface area contributed by atoms with Crippen molar-refractivity contribution >= 4 is 5.95 Å². The Kier molecular flexibility index (Phi) is 3.96. The molecular weight excluding hydrogens is 252 g/mol. The van der Waals surface area contributed by atoms with Gasteiger partial charge < -0.3 is 15.2 Å². The molecule has 3 atom stereocenters. The molecule has 1 aliphatic carbocycles. The van der Waals surface area contributed by atoms with E-state index in [-0.39, 0.29) is 5.92 Å². The van der Waals surface area contributed by atoms with E-state index in [1.165, 1.54) is 19.3 Å². The van der Waals surface area contributed by atoms with Crippen molar-refractivity contribution < 1.29 is 4.52 Å². The van der Waals surface area contributed by atoms with Gasteiger partial charge >= 0.3 is 0 Å². The van der Waals surface area contributed by atoms with E-state index in [1.54, 1.807) is 0 Å². The highest BCUT2D eigenvalue weighted by Gasteiger charge is 2.37. The van der Waals surface area contributed by atoms with Crippen LogP contribution in [0.3, 0.4) is 0 Å². The Labute approximate surface area is 120 Å². The van der Waals surface area contributed by atoms with Crippen LogP contribution in [0.5, 0.6) is 0 Å². The summed E-state index contributed by atoms with van der Waals surface area (Å²) < 4.78 is 5.47. The molecule has 0 radical (unpaired) electrons. The predicted molar refractivity (Wildman–Crippen MR) is 78.6 cm³/mol. The molecule has 1 aliphatic heterocycles. The number of fused-ring (bicyclic) bond motifs is 1.